The minimum Gasteiger partial charge on any atom is -0.496 e. The number of hydrogen-bond acceptors (Lipinski definition) is 6. The third-order valence-corrected chi connectivity index (χ3v) is 5.91. The molecule has 8 nitrogen and oxygen atoms in total. The van der Waals surface area contributed by atoms with Crippen molar-refractivity contribution in [3.05, 3.63) is 51.3 Å². The van der Waals surface area contributed by atoms with Crippen LogP contribution in [-0.4, -0.2) is 80.3 Å². The summed E-state index contributed by atoms with van der Waals surface area (Å²) in [7, 11) is 3.19. The molecule has 1 aromatic carbocycles. The van der Waals surface area contributed by atoms with E-state index in [2.05, 4.69) is 9.88 Å². The lowest BCUT2D eigenvalue weighted by Crippen LogP contribution is -2.48. The number of aromatic nitrogens is 1. The molecule has 0 saturated carbocycles. The van der Waals surface area contributed by atoms with Crippen molar-refractivity contribution < 1.29 is 23.8 Å². The third-order valence-electron chi connectivity index (χ3n) is 5.67. The molecule has 1 saturated heterocycles. The fraction of sp³-hybridized carbons (Fsp3) is 0.478. The van der Waals surface area contributed by atoms with Crippen LogP contribution in [0.5, 0.6) is 5.75 Å². The lowest BCUT2D eigenvalue weighted by Gasteiger charge is -2.35. The van der Waals surface area contributed by atoms with Crippen LogP contribution in [0, 0.1) is 13.8 Å². The highest BCUT2D eigenvalue weighted by molar-refractivity contribution is 6.30. The van der Waals surface area contributed by atoms with Crippen molar-refractivity contribution in [2.45, 2.75) is 20.4 Å². The molecule has 0 atom stereocenters. The molecule has 3 rings (SSSR count). The van der Waals surface area contributed by atoms with Gasteiger partial charge < -0.3 is 24.1 Å². The second-order valence-corrected chi connectivity index (χ2v) is 8.21. The molecule has 32 heavy (non-hydrogen) atoms. The Morgan fingerprint density at radius 3 is 2.47 bits per heavy atom. The molecule has 0 aliphatic carbocycles. The second-order valence-electron chi connectivity index (χ2n) is 7.78. The van der Waals surface area contributed by atoms with Gasteiger partial charge in [-0.1, -0.05) is 11.6 Å². The summed E-state index contributed by atoms with van der Waals surface area (Å²) in [4.78, 5) is 32.7. The number of carbonyl (C=O) groups excluding carboxylic acids is 2. The van der Waals surface area contributed by atoms with E-state index < -0.39 is 5.97 Å². The van der Waals surface area contributed by atoms with Crippen LogP contribution in [0.3, 0.4) is 0 Å². The van der Waals surface area contributed by atoms with E-state index in [9.17, 15) is 9.59 Å². The van der Waals surface area contributed by atoms with E-state index in [0.29, 0.717) is 53.8 Å². The molecule has 0 unspecified atom stereocenters. The van der Waals surface area contributed by atoms with Gasteiger partial charge in [0.05, 0.1) is 19.3 Å². The van der Waals surface area contributed by atoms with Gasteiger partial charge in [-0.2, -0.15) is 0 Å². The van der Waals surface area contributed by atoms with Crippen molar-refractivity contribution in [1.82, 2.24) is 14.8 Å². The van der Waals surface area contributed by atoms with Gasteiger partial charge in [-0.25, -0.2) is 4.79 Å². The Hall–Kier alpha value is -2.55. The molecule has 1 amide bonds. The van der Waals surface area contributed by atoms with Crippen molar-refractivity contribution in [1.29, 1.82) is 0 Å². The molecule has 1 aliphatic rings. The number of carbonyl (C=O) groups is 2. The number of amides is 1. The van der Waals surface area contributed by atoms with Gasteiger partial charge in [0.2, 0.25) is 0 Å². The quantitative estimate of drug-likeness (QED) is 0.478. The summed E-state index contributed by atoms with van der Waals surface area (Å²) in [6.07, 6.45) is 0. The molecular weight excluding hydrogens is 434 g/mol. The first kappa shape index (κ1) is 24.1. The maximum atomic E-state index is 13.1. The number of methoxy groups -OCH3 is 2. The lowest BCUT2D eigenvalue weighted by molar-refractivity contribution is 0.0387. The van der Waals surface area contributed by atoms with Crippen molar-refractivity contribution in [2.75, 3.05) is 53.6 Å². The summed E-state index contributed by atoms with van der Waals surface area (Å²) >= 11 is 6.14. The lowest BCUT2D eigenvalue weighted by atomic mass is 10.1. The van der Waals surface area contributed by atoms with E-state index in [1.807, 2.05) is 23.1 Å². The van der Waals surface area contributed by atoms with E-state index in [1.54, 1.807) is 28.1 Å². The number of rotatable bonds is 8. The molecule has 9 heteroatoms. The highest BCUT2D eigenvalue weighted by Crippen LogP contribution is 2.25. The van der Waals surface area contributed by atoms with E-state index >= 15 is 0 Å². The summed E-state index contributed by atoms with van der Waals surface area (Å²) < 4.78 is 15.6. The van der Waals surface area contributed by atoms with Crippen LogP contribution in [0.2, 0.25) is 5.02 Å². The standard InChI is InChI=1S/C23H30ClN3O5/c1-15-20(23(29)32-12-11-30-3)16(2)25-21(15)22(28)27-9-7-26(8-10-27)14-17-13-18(24)5-6-19(17)31-4/h5-6,13,25H,7-12,14H2,1-4H3. The maximum Gasteiger partial charge on any atom is 0.340 e. The number of H-pyrrole nitrogens is 1. The summed E-state index contributed by atoms with van der Waals surface area (Å²) in [5.41, 5.74) is 3.11. The smallest absolute Gasteiger partial charge is 0.340 e. The summed E-state index contributed by atoms with van der Waals surface area (Å²) in [6.45, 7) is 7.37. The zero-order valence-corrected chi connectivity index (χ0v) is 19.8. The monoisotopic (exact) mass is 463 g/mol. The van der Waals surface area contributed by atoms with Crippen LogP contribution >= 0.6 is 11.6 Å². The molecule has 1 aliphatic heterocycles. The molecule has 1 fully saturated rings. The summed E-state index contributed by atoms with van der Waals surface area (Å²) in [5.74, 6) is 0.240. The van der Waals surface area contributed by atoms with E-state index in [0.717, 1.165) is 24.4 Å². The first-order chi connectivity index (χ1) is 15.3. The van der Waals surface area contributed by atoms with Gasteiger partial charge in [0.25, 0.3) is 5.91 Å². The van der Waals surface area contributed by atoms with Crippen LogP contribution < -0.4 is 4.74 Å². The number of aromatic amines is 1. The number of benzene rings is 1. The number of aryl methyl sites for hydroxylation is 1. The van der Waals surface area contributed by atoms with Gasteiger partial charge in [0.15, 0.2) is 0 Å². The van der Waals surface area contributed by atoms with Gasteiger partial charge >= 0.3 is 5.97 Å². The molecule has 0 spiro atoms. The highest BCUT2D eigenvalue weighted by Gasteiger charge is 2.28. The van der Waals surface area contributed by atoms with Crippen LogP contribution in [-0.2, 0) is 16.0 Å². The number of halogens is 1. The maximum absolute atomic E-state index is 13.1. The van der Waals surface area contributed by atoms with Crippen molar-refractivity contribution >= 4 is 23.5 Å². The van der Waals surface area contributed by atoms with Gasteiger partial charge in [-0.15, -0.1) is 0 Å². The van der Waals surface area contributed by atoms with Gasteiger partial charge in [-0.3, -0.25) is 9.69 Å². The average Bonchev–Trinajstić information content (AvgIpc) is 3.08. The Morgan fingerprint density at radius 1 is 1.09 bits per heavy atom. The zero-order valence-electron chi connectivity index (χ0n) is 19.0. The first-order valence-electron chi connectivity index (χ1n) is 10.5. The Labute approximate surface area is 193 Å². The SMILES string of the molecule is COCCOC(=O)c1c(C)[nH]c(C(=O)N2CCN(Cc3cc(Cl)ccc3OC)CC2)c1C. The number of hydrogen-bond donors (Lipinski definition) is 1. The Bertz CT molecular complexity index is 967. The number of ether oxygens (including phenoxy) is 3. The topological polar surface area (TPSA) is 84.1 Å². The van der Waals surface area contributed by atoms with Crippen molar-refractivity contribution in [3.63, 3.8) is 0 Å². The van der Waals surface area contributed by atoms with Crippen LogP contribution in [0.4, 0.5) is 0 Å². The molecule has 174 valence electrons. The average molecular weight is 464 g/mol. The van der Waals surface area contributed by atoms with E-state index in [1.165, 1.54) is 0 Å². The number of esters is 1. The minimum atomic E-state index is -0.451. The van der Waals surface area contributed by atoms with E-state index in [-0.39, 0.29) is 12.5 Å². The van der Waals surface area contributed by atoms with Gasteiger partial charge in [0, 0.05) is 56.1 Å². The predicted molar refractivity (Wildman–Crippen MR) is 122 cm³/mol. The molecule has 0 bridgehead atoms. The third kappa shape index (κ3) is 5.43. The Balaban J connectivity index is 1.63. The number of nitrogens with zero attached hydrogens (tertiary/aromatic N) is 2. The molecule has 1 N–H and O–H groups in total. The molecule has 0 radical (unpaired) electrons. The van der Waals surface area contributed by atoms with E-state index in [4.69, 9.17) is 25.8 Å². The minimum absolute atomic E-state index is 0.110. The summed E-state index contributed by atoms with van der Waals surface area (Å²) in [6, 6.07) is 5.59. The Kier molecular flexibility index (Phi) is 8.17. The van der Waals surface area contributed by atoms with Gasteiger partial charge in [-0.05, 0) is 37.6 Å². The van der Waals surface area contributed by atoms with Crippen molar-refractivity contribution in [2.24, 2.45) is 0 Å². The largest absolute Gasteiger partial charge is 0.496 e. The molecule has 1 aromatic heterocycles. The number of piperazine rings is 1. The van der Waals surface area contributed by atoms with Gasteiger partial charge in [0.1, 0.15) is 18.1 Å². The Morgan fingerprint density at radius 2 is 1.81 bits per heavy atom. The number of nitrogens with one attached hydrogen (secondary N) is 1. The first-order valence-corrected chi connectivity index (χ1v) is 10.9. The zero-order chi connectivity index (χ0) is 23.3. The summed E-state index contributed by atoms with van der Waals surface area (Å²) in [5, 5.41) is 0.670. The highest BCUT2D eigenvalue weighted by atomic mass is 35.5. The van der Waals surface area contributed by atoms with Crippen LogP contribution in [0.25, 0.3) is 0 Å². The van der Waals surface area contributed by atoms with Crippen LogP contribution in [0.1, 0.15) is 37.7 Å². The van der Waals surface area contributed by atoms with Crippen molar-refractivity contribution in [3.8, 4) is 5.75 Å². The predicted octanol–water partition coefficient (Wildman–Crippen LogP) is 3.05. The fourth-order valence-electron chi connectivity index (χ4n) is 3.94. The van der Waals surface area contributed by atoms with Crippen LogP contribution in [0.15, 0.2) is 18.2 Å². The fourth-order valence-corrected chi connectivity index (χ4v) is 4.13. The normalized spacial score (nSPS) is 14.5. The second kappa shape index (κ2) is 10.8. The molecular formula is C23H30ClN3O5. The molecule has 2 heterocycles. The molecule has 2 aromatic rings.